The second-order valence-electron chi connectivity index (χ2n) is 5.30. The molecule has 0 N–H and O–H groups in total. The fourth-order valence-corrected chi connectivity index (χ4v) is 2.69. The lowest BCUT2D eigenvalue weighted by atomic mass is 10.0. The van der Waals surface area contributed by atoms with Gasteiger partial charge in [-0.1, -0.05) is 30.3 Å². The summed E-state index contributed by atoms with van der Waals surface area (Å²) >= 11 is 0. The van der Waals surface area contributed by atoms with E-state index in [0.717, 1.165) is 11.3 Å². The van der Waals surface area contributed by atoms with Gasteiger partial charge in [-0.05, 0) is 24.6 Å². The summed E-state index contributed by atoms with van der Waals surface area (Å²) < 4.78 is 10.6. The predicted molar refractivity (Wildman–Crippen MR) is 79.0 cm³/mol. The second kappa shape index (κ2) is 6.05. The molecule has 3 rings (SSSR count). The molecule has 0 aliphatic carbocycles. The van der Waals surface area contributed by atoms with E-state index in [1.54, 1.807) is 12.3 Å². The number of cyclic esters (lactones) is 1. The first-order valence-electron chi connectivity index (χ1n) is 7.27. The molecule has 1 aromatic carbocycles. The minimum Gasteiger partial charge on any atom is -0.469 e. The third-order valence-electron chi connectivity index (χ3n) is 3.83. The number of imide groups is 1. The van der Waals surface area contributed by atoms with Crippen molar-refractivity contribution in [2.24, 2.45) is 0 Å². The summed E-state index contributed by atoms with van der Waals surface area (Å²) in [5, 5.41) is 0. The summed E-state index contributed by atoms with van der Waals surface area (Å²) in [6.45, 7) is 1.83. The zero-order valence-corrected chi connectivity index (χ0v) is 12.3. The molecular formula is C17H17NO4. The zero-order valence-electron chi connectivity index (χ0n) is 12.3. The number of nitrogens with zero attached hydrogens (tertiary/aromatic N) is 1. The average molecular weight is 299 g/mol. The summed E-state index contributed by atoms with van der Waals surface area (Å²) in [6, 6.07) is 12.7. The van der Waals surface area contributed by atoms with Crippen LogP contribution in [0.15, 0.2) is 53.1 Å². The van der Waals surface area contributed by atoms with Crippen LogP contribution in [0.1, 0.15) is 30.8 Å². The number of hydrogen-bond acceptors (Lipinski definition) is 4. The molecule has 1 aromatic heterocycles. The molecule has 2 amide bonds. The first-order valence-corrected chi connectivity index (χ1v) is 7.27. The van der Waals surface area contributed by atoms with Crippen LogP contribution >= 0.6 is 0 Å². The Kier molecular flexibility index (Phi) is 3.96. The first kappa shape index (κ1) is 14.4. The van der Waals surface area contributed by atoms with Crippen molar-refractivity contribution in [2.45, 2.75) is 31.9 Å². The summed E-state index contributed by atoms with van der Waals surface area (Å²) in [6.07, 6.45) is 1.26. The van der Waals surface area contributed by atoms with Crippen molar-refractivity contribution in [3.63, 3.8) is 0 Å². The summed E-state index contributed by atoms with van der Waals surface area (Å²) in [7, 11) is 0. The molecule has 0 spiro atoms. The maximum absolute atomic E-state index is 12.3. The zero-order chi connectivity index (χ0) is 15.5. The van der Waals surface area contributed by atoms with E-state index in [2.05, 4.69) is 0 Å². The Morgan fingerprint density at radius 1 is 1.18 bits per heavy atom. The van der Waals surface area contributed by atoms with Crippen LogP contribution in [-0.2, 0) is 16.0 Å². The van der Waals surface area contributed by atoms with Crippen molar-refractivity contribution >= 4 is 12.0 Å². The number of benzene rings is 1. The molecule has 5 nitrogen and oxygen atoms in total. The highest BCUT2D eigenvalue weighted by Crippen LogP contribution is 2.32. The van der Waals surface area contributed by atoms with Crippen molar-refractivity contribution in [3.05, 3.63) is 60.1 Å². The van der Waals surface area contributed by atoms with Crippen LogP contribution in [0.3, 0.4) is 0 Å². The monoisotopic (exact) mass is 299 g/mol. The van der Waals surface area contributed by atoms with E-state index in [0.29, 0.717) is 6.42 Å². The van der Waals surface area contributed by atoms with Crippen LogP contribution in [0.4, 0.5) is 4.79 Å². The van der Waals surface area contributed by atoms with Crippen molar-refractivity contribution in [1.82, 2.24) is 4.90 Å². The lowest BCUT2D eigenvalue weighted by Crippen LogP contribution is -2.37. The fourth-order valence-electron chi connectivity index (χ4n) is 2.69. The summed E-state index contributed by atoms with van der Waals surface area (Å²) in [4.78, 5) is 25.6. The normalized spacial score (nSPS) is 21.0. The van der Waals surface area contributed by atoms with Gasteiger partial charge in [0.2, 0.25) is 5.91 Å². The number of hydrogen-bond donors (Lipinski definition) is 0. The molecule has 2 heterocycles. The number of carbonyl (C=O) groups excluding carboxylic acids is 2. The molecule has 1 saturated heterocycles. The van der Waals surface area contributed by atoms with Gasteiger partial charge in [-0.2, -0.15) is 0 Å². The number of aryl methyl sites for hydroxylation is 1. The van der Waals surface area contributed by atoms with Crippen LogP contribution < -0.4 is 0 Å². The van der Waals surface area contributed by atoms with E-state index in [9.17, 15) is 9.59 Å². The van der Waals surface area contributed by atoms with Gasteiger partial charge in [0.25, 0.3) is 0 Å². The van der Waals surface area contributed by atoms with Gasteiger partial charge in [-0.3, -0.25) is 4.79 Å². The van der Waals surface area contributed by atoms with Crippen LogP contribution in [0.25, 0.3) is 0 Å². The van der Waals surface area contributed by atoms with Crippen LogP contribution in [0.2, 0.25) is 0 Å². The molecule has 1 unspecified atom stereocenters. The van der Waals surface area contributed by atoms with E-state index >= 15 is 0 Å². The Morgan fingerprint density at radius 3 is 2.64 bits per heavy atom. The highest BCUT2D eigenvalue weighted by molar-refractivity contribution is 5.93. The van der Waals surface area contributed by atoms with Crippen LogP contribution in [0, 0.1) is 0 Å². The third-order valence-corrected chi connectivity index (χ3v) is 3.83. The van der Waals surface area contributed by atoms with Crippen molar-refractivity contribution in [2.75, 3.05) is 0 Å². The molecule has 22 heavy (non-hydrogen) atoms. The van der Waals surface area contributed by atoms with Gasteiger partial charge in [-0.25, -0.2) is 9.69 Å². The molecule has 1 aliphatic heterocycles. The Labute approximate surface area is 128 Å². The van der Waals surface area contributed by atoms with Crippen molar-refractivity contribution < 1.29 is 18.7 Å². The maximum atomic E-state index is 12.3. The SMILES string of the molecule is C[C@H]1C(c2ccccc2)OC(=O)N1C(=O)CCc1ccco1. The molecule has 0 saturated carbocycles. The van der Waals surface area contributed by atoms with Gasteiger partial charge in [0, 0.05) is 12.8 Å². The number of furan rings is 1. The average Bonchev–Trinajstić information content (AvgIpc) is 3.14. The van der Waals surface area contributed by atoms with E-state index in [4.69, 9.17) is 9.15 Å². The van der Waals surface area contributed by atoms with E-state index in [1.165, 1.54) is 4.90 Å². The summed E-state index contributed by atoms with van der Waals surface area (Å²) in [5.41, 5.74) is 0.893. The minimum atomic E-state index is -0.578. The van der Waals surface area contributed by atoms with Gasteiger partial charge in [0.05, 0.1) is 12.3 Å². The number of carbonyl (C=O) groups is 2. The predicted octanol–water partition coefficient (Wildman–Crippen LogP) is 3.32. The van der Waals surface area contributed by atoms with Gasteiger partial charge >= 0.3 is 6.09 Å². The highest BCUT2D eigenvalue weighted by Gasteiger charge is 2.42. The molecule has 1 fully saturated rings. The van der Waals surface area contributed by atoms with Crippen LogP contribution in [0.5, 0.6) is 0 Å². The molecule has 5 heteroatoms. The Bertz CT molecular complexity index is 651. The third kappa shape index (κ3) is 2.74. The molecule has 1 aliphatic rings. The first-order chi connectivity index (χ1) is 10.7. The van der Waals surface area contributed by atoms with Crippen molar-refractivity contribution in [3.8, 4) is 0 Å². The maximum Gasteiger partial charge on any atom is 0.417 e. The Morgan fingerprint density at radius 2 is 1.95 bits per heavy atom. The number of amides is 2. The molecule has 0 bridgehead atoms. The largest absolute Gasteiger partial charge is 0.469 e. The fraction of sp³-hybridized carbons (Fsp3) is 0.294. The van der Waals surface area contributed by atoms with Gasteiger partial charge in [-0.15, -0.1) is 0 Å². The van der Waals surface area contributed by atoms with Gasteiger partial charge in [0.1, 0.15) is 11.9 Å². The molecule has 0 radical (unpaired) electrons. The Hall–Kier alpha value is -2.56. The minimum absolute atomic E-state index is 0.217. The molecule has 2 atom stereocenters. The molecule has 2 aromatic rings. The van der Waals surface area contributed by atoms with Gasteiger partial charge < -0.3 is 9.15 Å². The van der Waals surface area contributed by atoms with E-state index < -0.39 is 12.2 Å². The lowest BCUT2D eigenvalue weighted by molar-refractivity contribution is -0.129. The van der Waals surface area contributed by atoms with Gasteiger partial charge in [0.15, 0.2) is 0 Å². The molecular weight excluding hydrogens is 282 g/mol. The number of rotatable bonds is 4. The Balaban J connectivity index is 1.68. The van der Waals surface area contributed by atoms with E-state index in [1.807, 2.05) is 43.3 Å². The summed E-state index contributed by atoms with van der Waals surface area (Å²) in [5.74, 6) is 0.487. The standard InChI is InChI=1S/C17H17NO4/c1-12-16(13-6-3-2-4-7-13)22-17(20)18(12)15(19)10-9-14-8-5-11-21-14/h2-8,11-12,16H,9-10H2,1H3/t12-,16?/m0/s1. The quantitative estimate of drug-likeness (QED) is 0.869. The van der Waals surface area contributed by atoms with Crippen LogP contribution in [-0.4, -0.2) is 22.9 Å². The molecule has 114 valence electrons. The van der Waals surface area contributed by atoms with E-state index in [-0.39, 0.29) is 18.4 Å². The van der Waals surface area contributed by atoms with Crippen molar-refractivity contribution in [1.29, 1.82) is 0 Å². The lowest BCUT2D eigenvalue weighted by Gasteiger charge is -2.19. The smallest absolute Gasteiger partial charge is 0.417 e. The topological polar surface area (TPSA) is 59.8 Å². The second-order valence-corrected chi connectivity index (χ2v) is 5.30. The number of ether oxygens (including phenoxy) is 1. The highest BCUT2D eigenvalue weighted by atomic mass is 16.6.